The molecule has 3 rings (SSSR count). The first-order chi connectivity index (χ1) is 8.78. The number of hydrogen-bond donors (Lipinski definition) is 0. The molecule has 0 N–H and O–H groups in total. The maximum Gasteiger partial charge on any atom is 0.379 e. The zero-order valence-corrected chi connectivity index (χ0v) is 9.75. The van der Waals surface area contributed by atoms with E-state index < -0.39 is 5.97 Å². The lowest BCUT2D eigenvalue weighted by Crippen LogP contribution is -2.06. The Morgan fingerprint density at radius 2 is 2.28 bits per heavy atom. The molecule has 0 aromatic carbocycles. The lowest BCUT2D eigenvalue weighted by Gasteiger charge is -1.93. The SMILES string of the molecule is CCOC(=O)c1noc(-c2cc(C3CC3)no2)n1. The second-order valence-corrected chi connectivity index (χ2v) is 4.03. The van der Waals surface area contributed by atoms with Crippen molar-refractivity contribution >= 4 is 5.97 Å². The van der Waals surface area contributed by atoms with Crippen LogP contribution >= 0.6 is 0 Å². The van der Waals surface area contributed by atoms with Crippen LogP contribution in [0.15, 0.2) is 15.1 Å². The molecule has 18 heavy (non-hydrogen) atoms. The standard InChI is InChI=1S/C11H11N3O4/c1-2-16-11(15)9-12-10(18-14-9)8-5-7(13-17-8)6-3-4-6/h5-6H,2-4H2,1H3. The molecule has 2 aromatic rings. The van der Waals surface area contributed by atoms with E-state index in [4.69, 9.17) is 13.8 Å². The summed E-state index contributed by atoms with van der Waals surface area (Å²) in [6.45, 7) is 1.97. The number of rotatable bonds is 4. The van der Waals surface area contributed by atoms with Gasteiger partial charge in [0.1, 0.15) is 0 Å². The van der Waals surface area contributed by atoms with Crippen LogP contribution in [0.1, 0.15) is 42.0 Å². The van der Waals surface area contributed by atoms with Gasteiger partial charge in [0.25, 0.3) is 11.7 Å². The number of hydrogen-bond acceptors (Lipinski definition) is 7. The van der Waals surface area contributed by atoms with Gasteiger partial charge in [-0.1, -0.05) is 5.16 Å². The largest absolute Gasteiger partial charge is 0.460 e. The second kappa shape index (κ2) is 4.25. The maximum atomic E-state index is 11.4. The van der Waals surface area contributed by atoms with Crippen LogP contribution in [0.25, 0.3) is 11.7 Å². The normalized spacial score (nSPS) is 14.7. The Bertz CT molecular complexity index is 570. The summed E-state index contributed by atoms with van der Waals surface area (Å²) in [7, 11) is 0. The highest BCUT2D eigenvalue weighted by Gasteiger charge is 2.28. The van der Waals surface area contributed by atoms with Crippen molar-refractivity contribution in [2.45, 2.75) is 25.7 Å². The molecule has 0 aliphatic heterocycles. The Morgan fingerprint density at radius 1 is 1.44 bits per heavy atom. The molecule has 1 saturated carbocycles. The quantitative estimate of drug-likeness (QED) is 0.762. The predicted octanol–water partition coefficient (Wildman–Crippen LogP) is 1.78. The average Bonchev–Trinajstić information content (AvgIpc) is 2.93. The van der Waals surface area contributed by atoms with Crippen LogP contribution in [-0.4, -0.2) is 27.9 Å². The molecule has 0 atom stereocenters. The molecule has 0 spiro atoms. The summed E-state index contributed by atoms with van der Waals surface area (Å²) in [5, 5.41) is 7.46. The maximum absolute atomic E-state index is 11.4. The Kier molecular flexibility index (Phi) is 2.58. The summed E-state index contributed by atoms with van der Waals surface area (Å²) in [5.74, 6) is 0.262. The van der Waals surface area contributed by atoms with Crippen molar-refractivity contribution in [2.24, 2.45) is 0 Å². The third-order valence-corrected chi connectivity index (χ3v) is 2.62. The van der Waals surface area contributed by atoms with Crippen LogP contribution < -0.4 is 0 Å². The van der Waals surface area contributed by atoms with E-state index >= 15 is 0 Å². The molecule has 1 aliphatic carbocycles. The van der Waals surface area contributed by atoms with Gasteiger partial charge in [0.15, 0.2) is 0 Å². The minimum atomic E-state index is -0.616. The highest BCUT2D eigenvalue weighted by Crippen LogP contribution is 2.40. The number of carbonyl (C=O) groups excluding carboxylic acids is 1. The third kappa shape index (κ3) is 1.99. The van der Waals surface area contributed by atoms with Crippen molar-refractivity contribution in [3.05, 3.63) is 17.6 Å². The van der Waals surface area contributed by atoms with E-state index in [1.54, 1.807) is 13.0 Å². The van der Waals surface area contributed by atoms with Crippen molar-refractivity contribution in [1.29, 1.82) is 0 Å². The van der Waals surface area contributed by atoms with E-state index in [2.05, 4.69) is 15.3 Å². The zero-order chi connectivity index (χ0) is 12.5. The van der Waals surface area contributed by atoms with Crippen LogP contribution in [0, 0.1) is 0 Å². The topological polar surface area (TPSA) is 91.2 Å². The van der Waals surface area contributed by atoms with Gasteiger partial charge in [-0.3, -0.25) is 0 Å². The monoisotopic (exact) mass is 249 g/mol. The van der Waals surface area contributed by atoms with Crippen LogP contribution in [-0.2, 0) is 4.74 Å². The summed E-state index contributed by atoms with van der Waals surface area (Å²) >= 11 is 0. The molecule has 0 amide bonds. The molecular weight excluding hydrogens is 238 g/mol. The van der Waals surface area contributed by atoms with Gasteiger partial charge in [-0.05, 0) is 24.9 Å². The second-order valence-electron chi connectivity index (χ2n) is 4.03. The smallest absolute Gasteiger partial charge is 0.379 e. The molecule has 2 aromatic heterocycles. The number of nitrogens with zero attached hydrogens (tertiary/aromatic N) is 3. The van der Waals surface area contributed by atoms with Gasteiger partial charge in [0, 0.05) is 12.0 Å². The van der Waals surface area contributed by atoms with Crippen molar-refractivity contribution in [3.8, 4) is 11.7 Å². The van der Waals surface area contributed by atoms with E-state index in [1.165, 1.54) is 0 Å². The molecule has 94 valence electrons. The van der Waals surface area contributed by atoms with Gasteiger partial charge in [-0.2, -0.15) is 4.98 Å². The third-order valence-electron chi connectivity index (χ3n) is 2.62. The van der Waals surface area contributed by atoms with E-state index in [0.717, 1.165) is 18.5 Å². The summed E-state index contributed by atoms with van der Waals surface area (Å²) in [5.41, 5.74) is 0.890. The molecule has 0 bridgehead atoms. The summed E-state index contributed by atoms with van der Waals surface area (Å²) in [6.07, 6.45) is 2.26. The fourth-order valence-electron chi connectivity index (χ4n) is 1.56. The molecule has 7 heteroatoms. The number of aromatic nitrogens is 3. The lowest BCUT2D eigenvalue weighted by atomic mass is 10.3. The Morgan fingerprint density at radius 3 is 3.00 bits per heavy atom. The van der Waals surface area contributed by atoms with E-state index in [9.17, 15) is 4.79 Å². The predicted molar refractivity (Wildman–Crippen MR) is 57.7 cm³/mol. The Balaban J connectivity index is 1.80. The first-order valence-corrected chi connectivity index (χ1v) is 5.75. The van der Waals surface area contributed by atoms with Crippen LogP contribution in [0.3, 0.4) is 0 Å². The molecule has 0 saturated heterocycles. The first-order valence-electron chi connectivity index (χ1n) is 5.75. The summed E-state index contributed by atoms with van der Waals surface area (Å²) in [6, 6.07) is 1.76. The average molecular weight is 249 g/mol. The Hall–Kier alpha value is -2.18. The van der Waals surface area contributed by atoms with Gasteiger partial charge in [0.2, 0.25) is 5.76 Å². The number of carbonyl (C=O) groups is 1. The minimum Gasteiger partial charge on any atom is -0.460 e. The number of ether oxygens (including phenoxy) is 1. The Labute approximate surface area is 102 Å². The molecule has 0 radical (unpaired) electrons. The van der Waals surface area contributed by atoms with Crippen LogP contribution in [0.4, 0.5) is 0 Å². The minimum absolute atomic E-state index is 0.115. The fourth-order valence-corrected chi connectivity index (χ4v) is 1.56. The van der Waals surface area contributed by atoms with E-state index in [0.29, 0.717) is 11.7 Å². The van der Waals surface area contributed by atoms with Crippen molar-refractivity contribution in [1.82, 2.24) is 15.3 Å². The first kappa shape index (κ1) is 10.9. The van der Waals surface area contributed by atoms with Gasteiger partial charge in [0.05, 0.1) is 12.3 Å². The highest BCUT2D eigenvalue weighted by molar-refractivity contribution is 5.85. The molecule has 7 nitrogen and oxygen atoms in total. The van der Waals surface area contributed by atoms with Crippen LogP contribution in [0.5, 0.6) is 0 Å². The summed E-state index contributed by atoms with van der Waals surface area (Å²) in [4.78, 5) is 15.3. The molecule has 1 fully saturated rings. The molecular formula is C11H11N3O4. The fraction of sp³-hybridized carbons (Fsp3) is 0.455. The van der Waals surface area contributed by atoms with Gasteiger partial charge in [-0.25, -0.2) is 4.79 Å². The molecule has 1 aliphatic rings. The molecule has 2 heterocycles. The zero-order valence-electron chi connectivity index (χ0n) is 9.75. The lowest BCUT2D eigenvalue weighted by molar-refractivity contribution is 0.0508. The van der Waals surface area contributed by atoms with Crippen molar-refractivity contribution in [3.63, 3.8) is 0 Å². The van der Waals surface area contributed by atoms with Gasteiger partial charge < -0.3 is 13.8 Å². The molecule has 0 unspecified atom stereocenters. The van der Waals surface area contributed by atoms with Gasteiger partial charge in [-0.15, -0.1) is 0 Å². The van der Waals surface area contributed by atoms with E-state index in [-0.39, 0.29) is 18.3 Å². The van der Waals surface area contributed by atoms with Crippen molar-refractivity contribution < 1.29 is 18.6 Å². The van der Waals surface area contributed by atoms with Crippen LogP contribution in [0.2, 0.25) is 0 Å². The number of esters is 1. The van der Waals surface area contributed by atoms with Crippen molar-refractivity contribution in [2.75, 3.05) is 6.61 Å². The van der Waals surface area contributed by atoms with Gasteiger partial charge >= 0.3 is 5.97 Å². The highest BCUT2D eigenvalue weighted by atomic mass is 16.5. The summed E-state index contributed by atoms with van der Waals surface area (Å²) < 4.78 is 14.8. The van der Waals surface area contributed by atoms with E-state index in [1.807, 2.05) is 0 Å².